The first-order valence-corrected chi connectivity index (χ1v) is 26.9. The second kappa shape index (κ2) is 37.3. The summed E-state index contributed by atoms with van der Waals surface area (Å²) in [5.41, 5.74) is 0. The summed E-state index contributed by atoms with van der Waals surface area (Å²) in [5, 5.41) is 5.62. The summed E-state index contributed by atoms with van der Waals surface area (Å²) >= 11 is 0. The van der Waals surface area contributed by atoms with Crippen LogP contribution < -0.4 is 39.9 Å². The van der Waals surface area contributed by atoms with Crippen LogP contribution in [0.25, 0.3) is 0 Å². The lowest BCUT2D eigenvalue weighted by Crippen LogP contribution is -3.00. The van der Waals surface area contributed by atoms with E-state index in [0.717, 1.165) is 25.8 Å². The summed E-state index contributed by atoms with van der Waals surface area (Å²) in [6.45, 7) is -7.36. The number of hydrogen-bond donors (Lipinski definition) is 3. The average molecular weight is 1870 g/mol. The Labute approximate surface area is 588 Å². The molecule has 0 aliphatic carbocycles. The van der Waals surface area contributed by atoms with Gasteiger partial charge in [0.1, 0.15) is 37.8 Å². The van der Waals surface area contributed by atoms with E-state index < -0.39 is 204 Å². The number of rotatable bonds is 13. The summed E-state index contributed by atoms with van der Waals surface area (Å²) in [4.78, 5) is 18.1. The van der Waals surface area contributed by atoms with Crippen molar-refractivity contribution in [2.45, 2.75) is 173 Å². The maximum atomic E-state index is 13.2. The van der Waals surface area contributed by atoms with Crippen LogP contribution in [0.15, 0.2) is 0 Å². The maximum absolute atomic E-state index is 13.2. The summed E-state index contributed by atoms with van der Waals surface area (Å²) in [5.74, 6) is -82.9. The number of unbranched alkanes of at least 4 members (excludes halogenated alkanes) is 2. The Balaban J connectivity index is -0.000000402. The summed E-state index contributed by atoms with van der Waals surface area (Å²) in [7, 11) is 5.81. The minimum absolute atomic E-state index is 0. The first kappa shape index (κ1) is 113. The zero-order chi connectivity index (χ0) is 88.5. The van der Waals surface area contributed by atoms with E-state index in [1.807, 2.05) is 45.6 Å². The van der Waals surface area contributed by atoms with Crippen molar-refractivity contribution in [2.75, 3.05) is 74.0 Å². The van der Waals surface area contributed by atoms with Crippen LogP contribution in [-0.4, -0.2) is 238 Å². The van der Waals surface area contributed by atoms with Crippen LogP contribution in [0.1, 0.15) is 46.0 Å². The normalized spacial score (nSPS) is 24.6. The van der Waals surface area contributed by atoms with E-state index in [1.165, 1.54) is 0 Å². The van der Waals surface area contributed by atoms with Gasteiger partial charge in [0.15, 0.2) is 6.67 Å². The second-order valence-electron chi connectivity index (χ2n) is 21.8. The van der Waals surface area contributed by atoms with E-state index in [9.17, 15) is 247 Å². The van der Waals surface area contributed by atoms with Crippen molar-refractivity contribution in [3.8, 4) is 0 Å². The number of amides is 3. The Morgan fingerprint density at radius 3 is 0.679 bits per heavy atom. The second-order valence-corrected chi connectivity index (χ2v) is 21.8. The van der Waals surface area contributed by atoms with Gasteiger partial charge in [-0.3, -0.25) is 22.8 Å². The highest BCUT2D eigenvalue weighted by Crippen LogP contribution is 2.68. The SMILES string of the molecule is CCCCNC(=O)C(F)(F)F.CCCCNC(=O)F.C[N+](C)(C)CCCNC(=O)C(F)(F)F.FCC(F)(F)F.FCC1C(F)(F)C(F)(F)N(C(F)(F)F)C(F)(F)C(F)(F)C1(F)F.FCC1C(F)(F)C(F)(F)N(C(F)(F)F)C(F)(F)C(F)(F)C1(F)F.FCC1C(F)(F)C(F)(F)N(C(F)(F)F)C(F)(F)C(F)(F)C1(F)F.[I-]. The largest absolute Gasteiger partial charge is 1.00 e. The van der Waals surface area contributed by atoms with Gasteiger partial charge < -0.3 is 44.4 Å². The molecule has 3 amide bonds. The van der Waals surface area contributed by atoms with Crippen LogP contribution in [0.3, 0.4) is 0 Å². The van der Waals surface area contributed by atoms with Crippen molar-refractivity contribution >= 4 is 18.0 Å². The predicted octanol–water partition coefficient (Wildman–Crippen LogP) is 15.7. The molecule has 3 rings (SSSR count). The molecule has 109 heavy (non-hydrogen) atoms. The Morgan fingerprint density at radius 2 is 0.532 bits per heavy atom. The molecule has 3 atom stereocenters. The molecule has 0 radical (unpaired) electrons. The number of hydrogen-bond acceptors (Lipinski definition) is 6. The van der Waals surface area contributed by atoms with Gasteiger partial charge in [0.2, 0.25) is 0 Å². The lowest BCUT2D eigenvalue weighted by Gasteiger charge is -2.39. The van der Waals surface area contributed by atoms with Crippen LogP contribution >= 0.6 is 0 Å². The van der Waals surface area contributed by atoms with Crippen molar-refractivity contribution in [3.63, 3.8) is 0 Å². The number of quaternary nitrogens is 1. The molecule has 0 bridgehead atoms. The number of nitrogens with one attached hydrogen (secondary N) is 3. The highest BCUT2D eigenvalue weighted by atomic mass is 127. The van der Waals surface area contributed by atoms with Crippen LogP contribution in [0.5, 0.6) is 0 Å². The van der Waals surface area contributed by atoms with Crippen LogP contribution in [-0.2, 0) is 9.59 Å². The van der Waals surface area contributed by atoms with E-state index in [0.29, 0.717) is 23.9 Å². The topological polar surface area (TPSA) is 97.0 Å². The molecular weight excluding hydrogens is 1820 g/mol. The molecule has 3 fully saturated rings. The number of nitrogens with zero attached hydrogens (tertiary/aromatic N) is 4. The first-order chi connectivity index (χ1) is 46.9. The molecule has 3 heterocycles. The fourth-order valence-corrected chi connectivity index (χ4v) is 7.20. The van der Waals surface area contributed by atoms with E-state index in [1.54, 1.807) is 5.32 Å². The van der Waals surface area contributed by atoms with Gasteiger partial charge in [-0.05, 0) is 12.8 Å². The molecule has 0 saturated carbocycles. The van der Waals surface area contributed by atoms with Crippen molar-refractivity contribution in [1.29, 1.82) is 0 Å². The predicted molar refractivity (Wildman–Crippen MR) is 248 cm³/mol. The van der Waals surface area contributed by atoms with Gasteiger partial charge in [0, 0.05) is 26.1 Å². The molecule has 0 aromatic carbocycles. The molecule has 0 aromatic heterocycles. The number of alkyl halides is 52. The zero-order valence-corrected chi connectivity index (χ0v) is 55.0. The van der Waals surface area contributed by atoms with Gasteiger partial charge in [-0.25, -0.2) is 9.18 Å². The fourth-order valence-electron chi connectivity index (χ4n) is 7.20. The fraction of sp³-hybridized carbons (Fsp3) is 0.933. The van der Waals surface area contributed by atoms with Crippen LogP contribution in [0.2, 0.25) is 0 Å². The Kier molecular flexibility index (Phi) is 38.6. The van der Waals surface area contributed by atoms with Crippen molar-refractivity contribution < 1.29 is 276 Å². The highest BCUT2D eigenvalue weighted by Gasteiger charge is 2.95. The molecule has 658 valence electrons. The monoisotopic (exact) mass is 1870 g/mol. The van der Waals surface area contributed by atoms with Gasteiger partial charge in [0.05, 0.1) is 27.7 Å². The molecule has 0 aromatic rings. The van der Waals surface area contributed by atoms with Gasteiger partial charge in [-0.15, -0.1) is 4.39 Å². The number of likely N-dealkylation sites (tertiary alicyclic amines) is 3. The molecule has 3 saturated heterocycles. The Bertz CT molecular complexity index is 2590. The maximum Gasteiger partial charge on any atom is 0.471 e. The lowest BCUT2D eigenvalue weighted by molar-refractivity contribution is -0.870. The van der Waals surface area contributed by atoms with Gasteiger partial charge in [-0.2, -0.15) is 211 Å². The zero-order valence-electron chi connectivity index (χ0n) is 52.8. The number of halogens is 54. The number of carbonyl (C=O) groups is 3. The van der Waals surface area contributed by atoms with Gasteiger partial charge >= 0.3 is 145 Å². The van der Waals surface area contributed by atoms with Gasteiger partial charge in [0.25, 0.3) is 0 Å². The molecule has 0 spiro atoms. The lowest BCUT2D eigenvalue weighted by atomic mass is 9.90. The molecule has 64 heteroatoms. The van der Waals surface area contributed by atoms with Crippen LogP contribution in [0, 0.1) is 17.8 Å². The van der Waals surface area contributed by atoms with Crippen molar-refractivity contribution in [1.82, 2.24) is 30.7 Å². The average Bonchev–Trinajstić information content (AvgIpc) is 1.55. The van der Waals surface area contributed by atoms with Crippen molar-refractivity contribution in [2.24, 2.45) is 17.8 Å². The molecule has 3 N–H and O–H groups in total. The standard InChI is InChI=1S/3C8H3F14N.C8H15F3N2O.C6H10F3NO.C5H10FNO.C2H2F4.HI/c3*9-1-2-3(10,11)5(14,15)7(18,19)23(8(20,21)22)6(16,17)4(2,12)13;1-13(2,3)6-4-5-12-7(14)8(9,10)11;1-2-3-4-10-5(11)6(7,8)9;1-2-3-4-7-5(6)8;3-1-2(4,5)6;/h3*2H,1H2;4-6H2,1-3H3;2-4H2,1H3,(H,10,11);2-4H2,1H3,(H,7,8);1H2;1H. The molecule has 10 nitrogen and oxygen atoms in total. The Hall–Kier alpha value is -4.73. The Morgan fingerprint density at radius 1 is 0.339 bits per heavy atom. The quantitative estimate of drug-likeness (QED) is 0.0425. The third-order valence-corrected chi connectivity index (χ3v) is 12.7. The van der Waals surface area contributed by atoms with Crippen molar-refractivity contribution in [3.05, 3.63) is 0 Å². The molecular formula is C45H47F53IN7O3. The van der Waals surface area contributed by atoms with E-state index >= 15 is 0 Å². The van der Waals surface area contributed by atoms with E-state index in [4.69, 9.17) is 0 Å². The third-order valence-electron chi connectivity index (χ3n) is 12.7. The minimum Gasteiger partial charge on any atom is -1.00 e. The number of carbonyl (C=O) groups excluding carboxylic acids is 3. The molecule has 3 aliphatic heterocycles. The van der Waals surface area contributed by atoms with E-state index in [2.05, 4.69) is 0 Å². The van der Waals surface area contributed by atoms with Gasteiger partial charge in [-0.1, -0.05) is 41.4 Å². The third kappa shape index (κ3) is 25.1. The summed E-state index contributed by atoms with van der Waals surface area (Å²) in [6.07, 6.45) is -33.8. The highest BCUT2D eigenvalue weighted by molar-refractivity contribution is 5.82. The smallest absolute Gasteiger partial charge is 0.471 e. The minimum atomic E-state index is -7.51. The molecule has 3 aliphatic rings. The molecule has 3 unspecified atom stereocenters. The first-order valence-electron chi connectivity index (χ1n) is 26.9. The summed E-state index contributed by atoms with van der Waals surface area (Å²) < 4.78 is 664. The summed E-state index contributed by atoms with van der Waals surface area (Å²) in [6, 6.07) is -44.4. The van der Waals surface area contributed by atoms with Crippen LogP contribution in [0.4, 0.5) is 237 Å². The van der Waals surface area contributed by atoms with E-state index in [-0.39, 0.29) is 37.1 Å².